The summed E-state index contributed by atoms with van der Waals surface area (Å²) in [6.45, 7) is 8.00. The molecule has 1 N–H and O–H groups in total. The Hall–Kier alpha value is -1.23. The van der Waals surface area contributed by atoms with Crippen LogP contribution in [-0.4, -0.2) is 23.5 Å². The highest BCUT2D eigenvalue weighted by molar-refractivity contribution is 7.09. The molecule has 0 fully saturated rings. The predicted octanol–water partition coefficient (Wildman–Crippen LogP) is 3.19. The van der Waals surface area contributed by atoms with Gasteiger partial charge in [-0.15, -0.1) is 11.3 Å². The lowest BCUT2D eigenvalue weighted by Gasteiger charge is -2.15. The lowest BCUT2D eigenvalue weighted by Crippen LogP contribution is -2.17. The molecule has 0 bridgehead atoms. The summed E-state index contributed by atoms with van der Waals surface area (Å²) in [4.78, 5) is 6.81. The van der Waals surface area contributed by atoms with Gasteiger partial charge in [0.1, 0.15) is 0 Å². The molecule has 0 amide bonds. The first-order valence-electron chi connectivity index (χ1n) is 7.05. The Balaban J connectivity index is 1.85. The van der Waals surface area contributed by atoms with Gasteiger partial charge in [-0.1, -0.05) is 31.2 Å². The smallest absolute Gasteiger partial charge is 0.0897 e. The van der Waals surface area contributed by atoms with E-state index < -0.39 is 0 Å². The van der Waals surface area contributed by atoms with E-state index >= 15 is 0 Å². The summed E-state index contributed by atoms with van der Waals surface area (Å²) in [5.74, 6) is 0. The van der Waals surface area contributed by atoms with Gasteiger partial charge in [-0.2, -0.15) is 0 Å². The van der Waals surface area contributed by atoms with Crippen LogP contribution in [0.5, 0.6) is 0 Å². The van der Waals surface area contributed by atoms with Gasteiger partial charge in [0.05, 0.1) is 10.7 Å². The molecule has 3 nitrogen and oxygen atoms in total. The molecule has 4 heteroatoms. The van der Waals surface area contributed by atoms with Gasteiger partial charge in [-0.25, -0.2) is 4.98 Å². The number of nitrogens with one attached hydrogen (secondary N) is 1. The van der Waals surface area contributed by atoms with E-state index in [1.807, 2.05) is 0 Å². The summed E-state index contributed by atoms with van der Waals surface area (Å²) in [7, 11) is 2.14. The molecule has 0 saturated heterocycles. The van der Waals surface area contributed by atoms with Crippen molar-refractivity contribution >= 4 is 11.3 Å². The molecular formula is C16H23N3S. The number of hydrogen-bond donors (Lipinski definition) is 1. The molecule has 108 valence electrons. The lowest BCUT2D eigenvalue weighted by molar-refractivity contribution is 0.315. The van der Waals surface area contributed by atoms with Crippen LogP contribution in [0.4, 0.5) is 0 Å². The molecule has 1 aromatic heterocycles. The number of nitrogens with zero attached hydrogens (tertiary/aromatic N) is 2. The van der Waals surface area contributed by atoms with E-state index in [9.17, 15) is 0 Å². The zero-order chi connectivity index (χ0) is 14.4. The Morgan fingerprint density at radius 2 is 1.85 bits per heavy atom. The fourth-order valence-corrected chi connectivity index (χ4v) is 2.76. The first-order chi connectivity index (χ1) is 9.67. The van der Waals surface area contributed by atoms with Crippen molar-refractivity contribution < 1.29 is 0 Å². The van der Waals surface area contributed by atoms with Gasteiger partial charge in [0.25, 0.3) is 0 Å². The minimum atomic E-state index is 0.906. The number of aromatic nitrogens is 1. The minimum Gasteiger partial charge on any atom is -0.313 e. The average molecular weight is 289 g/mol. The van der Waals surface area contributed by atoms with Crippen LogP contribution in [-0.2, 0) is 19.6 Å². The zero-order valence-electron chi connectivity index (χ0n) is 12.5. The fraction of sp³-hybridized carbons (Fsp3) is 0.438. The van der Waals surface area contributed by atoms with Gasteiger partial charge in [0, 0.05) is 25.0 Å². The maximum atomic E-state index is 4.51. The Labute approximate surface area is 125 Å². The van der Waals surface area contributed by atoms with Gasteiger partial charge in [0.15, 0.2) is 0 Å². The molecule has 1 heterocycles. The first kappa shape index (κ1) is 15.2. The van der Waals surface area contributed by atoms with E-state index in [1.165, 1.54) is 16.8 Å². The highest BCUT2D eigenvalue weighted by Crippen LogP contribution is 2.12. The van der Waals surface area contributed by atoms with Gasteiger partial charge in [-0.3, -0.25) is 4.90 Å². The average Bonchev–Trinajstić information content (AvgIpc) is 2.83. The molecule has 2 aromatic rings. The Morgan fingerprint density at radius 3 is 2.45 bits per heavy atom. The highest BCUT2D eigenvalue weighted by atomic mass is 32.1. The zero-order valence-corrected chi connectivity index (χ0v) is 13.3. The third-order valence-electron chi connectivity index (χ3n) is 3.15. The summed E-state index contributed by atoms with van der Waals surface area (Å²) in [6, 6.07) is 8.85. The lowest BCUT2D eigenvalue weighted by atomic mass is 10.1. The predicted molar refractivity (Wildman–Crippen MR) is 85.8 cm³/mol. The van der Waals surface area contributed by atoms with Crippen molar-refractivity contribution in [2.24, 2.45) is 0 Å². The second-order valence-corrected chi connectivity index (χ2v) is 6.19. The molecule has 0 unspecified atom stereocenters. The standard InChI is InChI=1S/C16H23N3S/c1-4-17-9-14-5-7-15(8-6-14)10-19(3)11-16-12-20-13(2)18-16/h5-8,12,17H,4,9-11H2,1-3H3. The number of benzene rings is 1. The van der Waals surface area contributed by atoms with Crippen molar-refractivity contribution in [3.63, 3.8) is 0 Å². The van der Waals surface area contributed by atoms with E-state index in [1.54, 1.807) is 11.3 Å². The SMILES string of the molecule is CCNCc1ccc(CN(C)Cc2csc(C)n2)cc1. The molecule has 0 aliphatic heterocycles. The van der Waals surface area contributed by atoms with E-state index in [0.717, 1.165) is 31.2 Å². The Morgan fingerprint density at radius 1 is 1.15 bits per heavy atom. The highest BCUT2D eigenvalue weighted by Gasteiger charge is 2.04. The molecule has 1 aromatic carbocycles. The Bertz CT molecular complexity index is 519. The van der Waals surface area contributed by atoms with E-state index in [0.29, 0.717) is 0 Å². The topological polar surface area (TPSA) is 28.2 Å². The van der Waals surface area contributed by atoms with Gasteiger partial charge in [0.2, 0.25) is 0 Å². The molecule has 0 atom stereocenters. The van der Waals surface area contributed by atoms with E-state index in [-0.39, 0.29) is 0 Å². The second-order valence-electron chi connectivity index (χ2n) is 5.13. The molecule has 20 heavy (non-hydrogen) atoms. The van der Waals surface area contributed by atoms with Crippen molar-refractivity contribution in [3.8, 4) is 0 Å². The van der Waals surface area contributed by atoms with Crippen molar-refractivity contribution in [1.82, 2.24) is 15.2 Å². The monoisotopic (exact) mass is 289 g/mol. The van der Waals surface area contributed by atoms with Crippen molar-refractivity contribution in [2.75, 3.05) is 13.6 Å². The third kappa shape index (κ3) is 4.71. The van der Waals surface area contributed by atoms with Gasteiger partial charge >= 0.3 is 0 Å². The van der Waals surface area contributed by atoms with Crippen molar-refractivity contribution in [3.05, 3.63) is 51.5 Å². The van der Waals surface area contributed by atoms with Crippen LogP contribution in [0.1, 0.15) is 28.8 Å². The van der Waals surface area contributed by atoms with Crippen LogP contribution in [0.2, 0.25) is 0 Å². The molecule has 0 radical (unpaired) electrons. The molecule has 0 saturated carbocycles. The van der Waals surface area contributed by atoms with E-state index in [4.69, 9.17) is 0 Å². The quantitative estimate of drug-likeness (QED) is 0.848. The summed E-state index contributed by atoms with van der Waals surface area (Å²) in [6.07, 6.45) is 0. The summed E-state index contributed by atoms with van der Waals surface area (Å²) >= 11 is 1.72. The molecule has 2 rings (SSSR count). The van der Waals surface area contributed by atoms with Crippen LogP contribution in [0.25, 0.3) is 0 Å². The summed E-state index contributed by atoms with van der Waals surface area (Å²) < 4.78 is 0. The number of thiazole rings is 1. The second kappa shape index (κ2) is 7.53. The normalized spacial score (nSPS) is 11.2. The van der Waals surface area contributed by atoms with Gasteiger partial charge in [-0.05, 0) is 31.6 Å². The van der Waals surface area contributed by atoms with Crippen molar-refractivity contribution in [2.45, 2.75) is 33.5 Å². The summed E-state index contributed by atoms with van der Waals surface area (Å²) in [5, 5.41) is 6.63. The van der Waals surface area contributed by atoms with Gasteiger partial charge < -0.3 is 5.32 Å². The number of hydrogen-bond acceptors (Lipinski definition) is 4. The van der Waals surface area contributed by atoms with Crippen LogP contribution in [0.3, 0.4) is 0 Å². The van der Waals surface area contributed by atoms with Crippen LogP contribution >= 0.6 is 11.3 Å². The molecule has 0 aliphatic carbocycles. The van der Waals surface area contributed by atoms with Crippen LogP contribution in [0, 0.1) is 6.92 Å². The Kier molecular flexibility index (Phi) is 5.71. The minimum absolute atomic E-state index is 0.906. The number of rotatable bonds is 7. The third-order valence-corrected chi connectivity index (χ3v) is 3.98. The fourth-order valence-electron chi connectivity index (χ4n) is 2.16. The number of aryl methyl sites for hydroxylation is 1. The maximum absolute atomic E-state index is 4.51. The van der Waals surface area contributed by atoms with E-state index in [2.05, 4.69) is 65.7 Å². The maximum Gasteiger partial charge on any atom is 0.0897 e. The molecular weight excluding hydrogens is 266 g/mol. The first-order valence-corrected chi connectivity index (χ1v) is 7.93. The largest absolute Gasteiger partial charge is 0.313 e. The summed E-state index contributed by atoms with van der Waals surface area (Å²) in [5.41, 5.74) is 3.85. The molecule has 0 aliphatic rings. The molecule has 0 spiro atoms. The van der Waals surface area contributed by atoms with Crippen LogP contribution < -0.4 is 5.32 Å². The van der Waals surface area contributed by atoms with Crippen molar-refractivity contribution in [1.29, 1.82) is 0 Å². The van der Waals surface area contributed by atoms with Crippen LogP contribution in [0.15, 0.2) is 29.6 Å².